The first-order valence-electron chi connectivity index (χ1n) is 8.73. The topological polar surface area (TPSA) is 78.3 Å². The number of aromatic nitrogens is 3. The highest BCUT2D eigenvalue weighted by atomic mass is 79.9. The normalized spacial score (nSPS) is 18.2. The third kappa shape index (κ3) is 3.86. The van der Waals surface area contributed by atoms with E-state index in [9.17, 15) is 8.60 Å². The molecular formula is C19H18BrFN4O3S. The van der Waals surface area contributed by atoms with E-state index in [0.717, 1.165) is 10.0 Å². The summed E-state index contributed by atoms with van der Waals surface area (Å²) in [6, 6.07) is 9.51. The van der Waals surface area contributed by atoms with Gasteiger partial charge in [-0.2, -0.15) is 0 Å². The summed E-state index contributed by atoms with van der Waals surface area (Å²) in [5.41, 5.74) is 1.55. The molecule has 0 spiro atoms. The van der Waals surface area contributed by atoms with Crippen LogP contribution in [0.15, 0.2) is 40.9 Å². The lowest BCUT2D eigenvalue weighted by Crippen LogP contribution is -2.27. The molecule has 152 valence electrons. The number of hydrogen-bond acceptors (Lipinski definition) is 6. The number of nitrogens with zero attached hydrogens (tertiary/aromatic N) is 3. The van der Waals surface area contributed by atoms with Crippen molar-refractivity contribution in [3.8, 4) is 11.5 Å². The molecule has 0 bridgehead atoms. The summed E-state index contributed by atoms with van der Waals surface area (Å²) in [6.45, 7) is 0. The molecule has 0 radical (unpaired) electrons. The van der Waals surface area contributed by atoms with Crippen LogP contribution in [0.1, 0.15) is 17.4 Å². The van der Waals surface area contributed by atoms with Gasteiger partial charge in [-0.1, -0.05) is 12.1 Å². The second kappa shape index (κ2) is 8.11. The fraction of sp³-hybridized carbons (Fsp3) is 0.263. The number of halogens is 2. The van der Waals surface area contributed by atoms with E-state index < -0.39 is 10.8 Å². The zero-order valence-corrected chi connectivity index (χ0v) is 18.1. The molecule has 2 unspecified atom stereocenters. The van der Waals surface area contributed by atoms with Gasteiger partial charge in [0.2, 0.25) is 5.95 Å². The molecule has 29 heavy (non-hydrogen) atoms. The van der Waals surface area contributed by atoms with E-state index in [1.165, 1.54) is 12.1 Å². The first-order valence-corrected chi connectivity index (χ1v) is 11.0. The Morgan fingerprint density at radius 2 is 1.86 bits per heavy atom. The van der Waals surface area contributed by atoms with Crippen molar-refractivity contribution in [2.75, 3.05) is 25.3 Å². The van der Waals surface area contributed by atoms with E-state index in [1.54, 1.807) is 38.5 Å². The molecule has 0 amide bonds. The number of benzene rings is 2. The van der Waals surface area contributed by atoms with Crippen LogP contribution >= 0.6 is 15.9 Å². The van der Waals surface area contributed by atoms with Gasteiger partial charge in [0, 0.05) is 33.2 Å². The van der Waals surface area contributed by atoms with Crippen LogP contribution < -0.4 is 14.8 Å². The maximum Gasteiger partial charge on any atom is 0.229 e. The van der Waals surface area contributed by atoms with E-state index in [-0.39, 0.29) is 11.9 Å². The second-order valence-corrected chi connectivity index (χ2v) is 8.80. The summed E-state index contributed by atoms with van der Waals surface area (Å²) < 4.78 is 39.1. The van der Waals surface area contributed by atoms with Gasteiger partial charge < -0.3 is 14.8 Å². The number of anilines is 2. The predicted octanol–water partition coefficient (Wildman–Crippen LogP) is 3.79. The maximum atomic E-state index is 13.4. The Morgan fingerprint density at radius 3 is 2.55 bits per heavy atom. The average molecular weight is 481 g/mol. The van der Waals surface area contributed by atoms with Crippen molar-refractivity contribution < 1.29 is 18.1 Å². The number of rotatable bonds is 5. The van der Waals surface area contributed by atoms with Crippen LogP contribution in [0.5, 0.6) is 11.5 Å². The zero-order chi connectivity index (χ0) is 20.5. The Hall–Kier alpha value is -2.46. The van der Waals surface area contributed by atoms with Crippen molar-refractivity contribution >= 4 is 38.4 Å². The second-order valence-electron chi connectivity index (χ2n) is 6.44. The fourth-order valence-electron chi connectivity index (χ4n) is 3.29. The van der Waals surface area contributed by atoms with E-state index in [1.807, 2.05) is 4.57 Å². The lowest BCUT2D eigenvalue weighted by molar-refractivity contribution is 0.355. The van der Waals surface area contributed by atoms with E-state index in [2.05, 4.69) is 31.4 Å². The van der Waals surface area contributed by atoms with Gasteiger partial charge in [0.05, 0.1) is 31.7 Å². The largest absolute Gasteiger partial charge is 0.493 e. The van der Waals surface area contributed by atoms with Crippen molar-refractivity contribution in [1.82, 2.24) is 14.8 Å². The molecule has 1 aliphatic heterocycles. The molecule has 0 saturated heterocycles. The van der Waals surface area contributed by atoms with Crippen molar-refractivity contribution in [3.63, 3.8) is 0 Å². The summed E-state index contributed by atoms with van der Waals surface area (Å²) in [4.78, 5) is 0. The highest BCUT2D eigenvalue weighted by Crippen LogP contribution is 2.38. The molecule has 2 heterocycles. The van der Waals surface area contributed by atoms with Gasteiger partial charge >= 0.3 is 0 Å². The molecular weight excluding hydrogens is 463 g/mol. The van der Waals surface area contributed by atoms with E-state index in [4.69, 9.17) is 9.47 Å². The Morgan fingerprint density at radius 1 is 1.17 bits per heavy atom. The van der Waals surface area contributed by atoms with Crippen LogP contribution in [0, 0.1) is 5.82 Å². The van der Waals surface area contributed by atoms with Crippen LogP contribution in [-0.4, -0.2) is 38.9 Å². The maximum absolute atomic E-state index is 13.4. The Labute approximate surface area is 177 Å². The highest BCUT2D eigenvalue weighted by molar-refractivity contribution is 9.10. The Bertz CT molecular complexity index is 1070. The summed E-state index contributed by atoms with van der Waals surface area (Å²) in [5.74, 6) is 2.67. The van der Waals surface area contributed by atoms with E-state index in [0.29, 0.717) is 40.5 Å². The van der Waals surface area contributed by atoms with Gasteiger partial charge in [0.15, 0.2) is 11.5 Å². The minimum atomic E-state index is -1.08. The molecule has 7 nitrogen and oxygen atoms in total. The Balaban J connectivity index is 1.74. The van der Waals surface area contributed by atoms with E-state index >= 15 is 0 Å². The van der Waals surface area contributed by atoms with Gasteiger partial charge in [-0.25, -0.2) is 4.39 Å². The molecule has 1 aromatic heterocycles. The SMILES string of the molecule is COc1cc(Br)c(Nc2nnc3n2C(c2ccc(F)cc2)CS(=O)C3)cc1OC. The quantitative estimate of drug-likeness (QED) is 0.598. The number of fused-ring (bicyclic) bond motifs is 1. The average Bonchev–Trinajstić information content (AvgIpc) is 3.11. The smallest absolute Gasteiger partial charge is 0.229 e. The summed E-state index contributed by atoms with van der Waals surface area (Å²) in [5, 5.41) is 11.7. The third-order valence-electron chi connectivity index (χ3n) is 4.69. The van der Waals surface area contributed by atoms with Crippen LogP contribution in [-0.2, 0) is 16.6 Å². The molecule has 3 aromatic rings. The summed E-state index contributed by atoms with van der Waals surface area (Å²) in [7, 11) is 2.06. The van der Waals surface area contributed by atoms with Gasteiger partial charge in [0.1, 0.15) is 11.6 Å². The summed E-state index contributed by atoms with van der Waals surface area (Å²) >= 11 is 3.52. The van der Waals surface area contributed by atoms with Crippen molar-refractivity contribution in [2.24, 2.45) is 0 Å². The first-order chi connectivity index (χ1) is 14.0. The van der Waals surface area contributed by atoms with Crippen LogP contribution in [0.2, 0.25) is 0 Å². The van der Waals surface area contributed by atoms with Crippen molar-refractivity contribution in [2.45, 2.75) is 11.8 Å². The fourth-order valence-corrected chi connectivity index (χ4v) is 5.01. The van der Waals surface area contributed by atoms with Gasteiger partial charge in [-0.05, 0) is 33.6 Å². The summed E-state index contributed by atoms with van der Waals surface area (Å²) in [6.07, 6.45) is 0. The zero-order valence-electron chi connectivity index (χ0n) is 15.7. The van der Waals surface area contributed by atoms with Crippen LogP contribution in [0.4, 0.5) is 16.0 Å². The number of ether oxygens (including phenoxy) is 2. The third-order valence-corrected chi connectivity index (χ3v) is 6.61. The minimum absolute atomic E-state index is 0.267. The first kappa shape index (κ1) is 19.8. The van der Waals surface area contributed by atoms with Gasteiger partial charge in [-0.15, -0.1) is 10.2 Å². The predicted molar refractivity (Wildman–Crippen MR) is 112 cm³/mol. The standard InChI is InChI=1S/C19H18BrFN4O3S/c1-27-16-7-13(20)14(8-17(16)28-2)22-19-24-23-18-10-29(26)9-15(25(18)19)11-3-5-12(21)6-4-11/h3-8,15H,9-10H2,1-2H3,(H,22,24). The molecule has 1 N–H and O–H groups in total. The number of nitrogens with one attached hydrogen (secondary N) is 1. The molecule has 4 rings (SSSR count). The molecule has 0 aliphatic carbocycles. The number of hydrogen-bond donors (Lipinski definition) is 1. The molecule has 0 fully saturated rings. The highest BCUT2D eigenvalue weighted by Gasteiger charge is 2.30. The van der Waals surface area contributed by atoms with Gasteiger partial charge in [0.25, 0.3) is 0 Å². The lowest BCUT2D eigenvalue weighted by atomic mass is 10.1. The Kier molecular flexibility index (Phi) is 5.55. The van der Waals surface area contributed by atoms with Crippen molar-refractivity contribution in [3.05, 3.63) is 58.1 Å². The van der Waals surface area contributed by atoms with Crippen LogP contribution in [0.25, 0.3) is 0 Å². The van der Waals surface area contributed by atoms with Gasteiger partial charge in [-0.3, -0.25) is 8.78 Å². The monoisotopic (exact) mass is 480 g/mol. The van der Waals surface area contributed by atoms with Crippen molar-refractivity contribution in [1.29, 1.82) is 0 Å². The minimum Gasteiger partial charge on any atom is -0.493 e. The molecule has 1 aliphatic rings. The molecule has 2 aromatic carbocycles. The van der Waals surface area contributed by atoms with Crippen LogP contribution in [0.3, 0.4) is 0 Å². The molecule has 0 saturated carbocycles. The molecule has 2 atom stereocenters. The lowest BCUT2D eigenvalue weighted by Gasteiger charge is -2.26. The molecule has 10 heteroatoms. The number of methoxy groups -OCH3 is 2.